The van der Waals surface area contributed by atoms with Crippen LogP contribution in [0, 0.1) is 0 Å². The predicted octanol–water partition coefficient (Wildman–Crippen LogP) is -1.62. The van der Waals surface area contributed by atoms with E-state index in [1.54, 1.807) is 12.2 Å². The van der Waals surface area contributed by atoms with Crippen molar-refractivity contribution in [1.29, 1.82) is 0 Å². The van der Waals surface area contributed by atoms with Gasteiger partial charge in [-0.15, -0.1) is 0 Å². The van der Waals surface area contributed by atoms with E-state index in [9.17, 15) is 15.3 Å². The molecule has 1 aliphatic heterocycles. The molecular formula is C10H18O6. The second-order valence-electron chi connectivity index (χ2n) is 3.60. The van der Waals surface area contributed by atoms with Gasteiger partial charge < -0.3 is 29.9 Å². The number of aliphatic hydroxyl groups excluding tert-OH is 4. The monoisotopic (exact) mass is 234 g/mol. The summed E-state index contributed by atoms with van der Waals surface area (Å²) in [6, 6.07) is 0. The number of hydrogen-bond donors (Lipinski definition) is 4. The number of hydrogen-bond acceptors (Lipinski definition) is 6. The Hall–Kier alpha value is -0.500. The highest BCUT2D eigenvalue weighted by Crippen LogP contribution is 2.21. The van der Waals surface area contributed by atoms with E-state index in [0.29, 0.717) is 0 Å². The average molecular weight is 234 g/mol. The molecule has 1 aliphatic rings. The van der Waals surface area contributed by atoms with Gasteiger partial charge in [-0.25, -0.2) is 0 Å². The van der Waals surface area contributed by atoms with Gasteiger partial charge in [0.25, 0.3) is 0 Å². The van der Waals surface area contributed by atoms with E-state index in [1.165, 1.54) is 0 Å². The SMILES string of the molecule is C/C=C\CO[C@@H]1OC(CO)[C@@H](O)[C@H](O)C1O. The molecule has 0 amide bonds. The van der Waals surface area contributed by atoms with E-state index in [1.807, 2.05) is 6.92 Å². The Labute approximate surface area is 93.7 Å². The van der Waals surface area contributed by atoms with Crippen LogP contribution in [0.2, 0.25) is 0 Å². The van der Waals surface area contributed by atoms with Crippen LogP contribution in [0.25, 0.3) is 0 Å². The lowest BCUT2D eigenvalue weighted by atomic mass is 9.99. The summed E-state index contributed by atoms with van der Waals surface area (Å²) in [6.45, 7) is 1.59. The molecule has 1 saturated heterocycles. The van der Waals surface area contributed by atoms with Gasteiger partial charge in [0.1, 0.15) is 24.4 Å². The fourth-order valence-corrected chi connectivity index (χ4v) is 1.45. The molecule has 0 aliphatic carbocycles. The van der Waals surface area contributed by atoms with Crippen LogP contribution in [0.3, 0.4) is 0 Å². The Morgan fingerprint density at radius 1 is 1.19 bits per heavy atom. The zero-order valence-corrected chi connectivity index (χ0v) is 9.06. The number of rotatable bonds is 4. The number of aliphatic hydroxyl groups is 4. The Balaban J connectivity index is 2.56. The maximum atomic E-state index is 9.55. The average Bonchev–Trinajstić information content (AvgIpc) is 2.29. The molecule has 5 atom stereocenters. The van der Waals surface area contributed by atoms with E-state index in [2.05, 4.69) is 0 Å². The third kappa shape index (κ3) is 3.00. The molecular weight excluding hydrogens is 216 g/mol. The minimum atomic E-state index is -1.39. The molecule has 1 rings (SSSR count). The molecule has 0 bridgehead atoms. The van der Waals surface area contributed by atoms with Crippen LogP contribution in [0.1, 0.15) is 6.92 Å². The van der Waals surface area contributed by atoms with Crippen LogP contribution in [-0.4, -0.2) is 64.3 Å². The highest BCUT2D eigenvalue weighted by Gasteiger charge is 2.43. The Bertz CT molecular complexity index is 229. The van der Waals surface area contributed by atoms with E-state index >= 15 is 0 Å². The van der Waals surface area contributed by atoms with Gasteiger partial charge in [0.2, 0.25) is 0 Å². The van der Waals surface area contributed by atoms with Gasteiger partial charge in [-0.3, -0.25) is 0 Å². The van der Waals surface area contributed by atoms with Crippen LogP contribution in [0.5, 0.6) is 0 Å². The normalized spacial score (nSPS) is 40.4. The van der Waals surface area contributed by atoms with Crippen molar-refractivity contribution in [3.63, 3.8) is 0 Å². The summed E-state index contributed by atoms with van der Waals surface area (Å²) in [5, 5.41) is 37.4. The minimum absolute atomic E-state index is 0.221. The molecule has 94 valence electrons. The second-order valence-corrected chi connectivity index (χ2v) is 3.60. The number of allylic oxidation sites excluding steroid dienone is 1. The fraction of sp³-hybridized carbons (Fsp3) is 0.800. The lowest BCUT2D eigenvalue weighted by Gasteiger charge is -2.39. The maximum Gasteiger partial charge on any atom is 0.187 e. The quantitative estimate of drug-likeness (QED) is 0.436. The first-order valence-corrected chi connectivity index (χ1v) is 5.15. The number of ether oxygens (including phenoxy) is 2. The summed E-state index contributed by atoms with van der Waals surface area (Å²) in [4.78, 5) is 0. The van der Waals surface area contributed by atoms with Crippen LogP contribution in [0.15, 0.2) is 12.2 Å². The smallest absolute Gasteiger partial charge is 0.187 e. The largest absolute Gasteiger partial charge is 0.394 e. The van der Waals surface area contributed by atoms with Crippen molar-refractivity contribution in [2.45, 2.75) is 37.6 Å². The maximum absolute atomic E-state index is 9.55. The van der Waals surface area contributed by atoms with Crippen LogP contribution in [0.4, 0.5) is 0 Å². The Morgan fingerprint density at radius 2 is 1.88 bits per heavy atom. The van der Waals surface area contributed by atoms with Crippen molar-refractivity contribution >= 4 is 0 Å². The third-order valence-corrected chi connectivity index (χ3v) is 2.44. The first-order valence-electron chi connectivity index (χ1n) is 5.15. The van der Waals surface area contributed by atoms with Gasteiger partial charge in [0.15, 0.2) is 6.29 Å². The Morgan fingerprint density at radius 3 is 2.44 bits per heavy atom. The zero-order chi connectivity index (χ0) is 12.1. The summed E-state index contributed by atoms with van der Waals surface area (Å²) in [6.07, 6.45) is -2.56. The summed E-state index contributed by atoms with van der Waals surface area (Å²) in [7, 11) is 0. The van der Waals surface area contributed by atoms with Crippen LogP contribution in [-0.2, 0) is 9.47 Å². The standard InChI is InChI=1S/C10H18O6/c1-2-3-4-15-10-9(14)8(13)7(12)6(5-11)16-10/h2-3,6-14H,4-5H2,1H3/b3-2-/t6?,7-,8+,9?,10-/m1/s1. The van der Waals surface area contributed by atoms with Gasteiger partial charge in [-0.1, -0.05) is 12.2 Å². The van der Waals surface area contributed by atoms with Crippen molar-refractivity contribution in [3.05, 3.63) is 12.2 Å². The minimum Gasteiger partial charge on any atom is -0.394 e. The summed E-state index contributed by atoms with van der Waals surface area (Å²) >= 11 is 0. The molecule has 6 heteroatoms. The molecule has 0 spiro atoms. The van der Waals surface area contributed by atoms with E-state index in [4.69, 9.17) is 14.6 Å². The van der Waals surface area contributed by atoms with Gasteiger partial charge in [0.05, 0.1) is 13.2 Å². The molecule has 6 nitrogen and oxygen atoms in total. The predicted molar refractivity (Wildman–Crippen MR) is 54.5 cm³/mol. The van der Waals surface area contributed by atoms with E-state index in [-0.39, 0.29) is 6.61 Å². The van der Waals surface area contributed by atoms with Gasteiger partial charge >= 0.3 is 0 Å². The summed E-state index contributed by atoms with van der Waals surface area (Å²) in [5.41, 5.74) is 0. The van der Waals surface area contributed by atoms with Crippen molar-refractivity contribution in [1.82, 2.24) is 0 Å². The molecule has 0 radical (unpaired) electrons. The molecule has 1 heterocycles. The third-order valence-electron chi connectivity index (χ3n) is 2.44. The molecule has 16 heavy (non-hydrogen) atoms. The van der Waals surface area contributed by atoms with Crippen LogP contribution >= 0.6 is 0 Å². The lowest BCUT2D eigenvalue weighted by Crippen LogP contribution is -2.59. The molecule has 0 aromatic carbocycles. The molecule has 1 fully saturated rings. The van der Waals surface area contributed by atoms with Crippen molar-refractivity contribution < 1.29 is 29.9 Å². The van der Waals surface area contributed by atoms with Crippen molar-refractivity contribution in [2.24, 2.45) is 0 Å². The van der Waals surface area contributed by atoms with E-state index in [0.717, 1.165) is 0 Å². The summed E-state index contributed by atoms with van der Waals surface area (Å²) in [5.74, 6) is 0. The second kappa shape index (κ2) is 6.29. The topological polar surface area (TPSA) is 99.4 Å². The van der Waals surface area contributed by atoms with Gasteiger partial charge in [-0.05, 0) is 6.92 Å². The highest BCUT2D eigenvalue weighted by atomic mass is 16.7. The van der Waals surface area contributed by atoms with E-state index < -0.39 is 37.3 Å². The highest BCUT2D eigenvalue weighted by molar-refractivity contribution is 4.89. The first kappa shape index (κ1) is 13.6. The first-order chi connectivity index (χ1) is 7.61. The zero-order valence-electron chi connectivity index (χ0n) is 9.06. The molecule has 4 N–H and O–H groups in total. The molecule has 2 unspecified atom stereocenters. The molecule has 0 aromatic rings. The molecule has 0 saturated carbocycles. The Kier molecular flexibility index (Phi) is 5.33. The van der Waals surface area contributed by atoms with Crippen molar-refractivity contribution in [2.75, 3.05) is 13.2 Å². The summed E-state index contributed by atoms with van der Waals surface area (Å²) < 4.78 is 10.3. The van der Waals surface area contributed by atoms with Crippen LogP contribution < -0.4 is 0 Å². The fourth-order valence-electron chi connectivity index (χ4n) is 1.45. The van der Waals surface area contributed by atoms with Crippen molar-refractivity contribution in [3.8, 4) is 0 Å². The van der Waals surface area contributed by atoms with Gasteiger partial charge in [-0.2, -0.15) is 0 Å². The lowest BCUT2D eigenvalue weighted by molar-refractivity contribution is -0.298. The molecule has 0 aromatic heterocycles. The van der Waals surface area contributed by atoms with Gasteiger partial charge in [0, 0.05) is 0 Å².